The van der Waals surface area contributed by atoms with E-state index in [1.807, 2.05) is 7.05 Å². The van der Waals surface area contributed by atoms with Crippen molar-refractivity contribution in [3.63, 3.8) is 0 Å². The molecule has 1 aromatic carbocycles. The molecule has 2 rings (SSSR count). The normalized spacial score (nSPS) is 15.8. The predicted octanol–water partition coefficient (Wildman–Crippen LogP) is 2.06. The monoisotopic (exact) mass is 292 g/mol. The van der Waals surface area contributed by atoms with Crippen molar-refractivity contribution in [3.05, 3.63) is 34.4 Å². The highest BCUT2D eigenvalue weighted by molar-refractivity contribution is 5.89. The first kappa shape index (κ1) is 15.2. The van der Waals surface area contributed by atoms with Gasteiger partial charge in [-0.25, -0.2) is 4.79 Å². The van der Waals surface area contributed by atoms with E-state index < -0.39 is 4.92 Å². The van der Waals surface area contributed by atoms with Crippen molar-refractivity contribution >= 4 is 17.4 Å². The molecule has 114 valence electrons. The molecule has 1 aliphatic rings. The van der Waals surface area contributed by atoms with Gasteiger partial charge in [0.2, 0.25) is 0 Å². The molecule has 0 saturated carbocycles. The number of nitrogens with zero attached hydrogens (tertiary/aromatic N) is 2. The number of hydrogen-bond donors (Lipinski definition) is 2. The number of piperidine rings is 1. The summed E-state index contributed by atoms with van der Waals surface area (Å²) in [5.74, 6) is 0.608. The number of hydrogen-bond acceptors (Lipinski definition) is 4. The third-order valence-electron chi connectivity index (χ3n) is 3.70. The molecule has 0 unspecified atom stereocenters. The lowest BCUT2D eigenvalue weighted by atomic mass is 9.97. The van der Waals surface area contributed by atoms with E-state index in [9.17, 15) is 14.9 Å². The lowest BCUT2D eigenvalue weighted by Gasteiger charge is -2.31. The summed E-state index contributed by atoms with van der Waals surface area (Å²) in [7, 11) is 1.93. The van der Waals surface area contributed by atoms with E-state index in [0.717, 1.165) is 19.4 Å². The highest BCUT2D eigenvalue weighted by Crippen LogP contribution is 2.20. The second kappa shape index (κ2) is 7.03. The van der Waals surface area contributed by atoms with Crippen LogP contribution in [0.5, 0.6) is 0 Å². The van der Waals surface area contributed by atoms with Gasteiger partial charge in [0.25, 0.3) is 5.69 Å². The van der Waals surface area contributed by atoms with Gasteiger partial charge in [-0.2, -0.15) is 0 Å². The Bertz CT molecular complexity index is 513. The SMILES string of the molecule is CNCC1CCN(C(=O)Nc2cccc([N+](=O)[O-])c2)CC1. The maximum absolute atomic E-state index is 12.1. The lowest BCUT2D eigenvalue weighted by Crippen LogP contribution is -2.42. The summed E-state index contributed by atoms with van der Waals surface area (Å²) in [5, 5.41) is 16.6. The zero-order valence-electron chi connectivity index (χ0n) is 12.0. The molecular formula is C14H20N4O3. The Balaban J connectivity index is 1.90. The number of benzene rings is 1. The average Bonchev–Trinajstić information content (AvgIpc) is 2.48. The molecular weight excluding hydrogens is 272 g/mol. The summed E-state index contributed by atoms with van der Waals surface area (Å²) in [5.41, 5.74) is 0.423. The summed E-state index contributed by atoms with van der Waals surface area (Å²) >= 11 is 0. The molecule has 7 heteroatoms. The van der Waals surface area contributed by atoms with Gasteiger partial charge in [-0.1, -0.05) is 6.07 Å². The van der Waals surface area contributed by atoms with Gasteiger partial charge in [0.05, 0.1) is 4.92 Å². The van der Waals surface area contributed by atoms with Gasteiger partial charge in [0.15, 0.2) is 0 Å². The summed E-state index contributed by atoms with van der Waals surface area (Å²) in [6, 6.07) is 5.79. The van der Waals surface area contributed by atoms with Crippen LogP contribution in [-0.4, -0.2) is 42.5 Å². The fourth-order valence-electron chi connectivity index (χ4n) is 2.53. The van der Waals surface area contributed by atoms with E-state index in [1.165, 1.54) is 12.1 Å². The van der Waals surface area contributed by atoms with Crippen LogP contribution < -0.4 is 10.6 Å². The molecule has 1 aromatic rings. The van der Waals surface area contributed by atoms with E-state index in [-0.39, 0.29) is 11.7 Å². The van der Waals surface area contributed by atoms with Gasteiger partial charge < -0.3 is 15.5 Å². The number of rotatable bonds is 4. The third kappa shape index (κ3) is 4.16. The summed E-state index contributed by atoms with van der Waals surface area (Å²) in [6.07, 6.45) is 1.95. The molecule has 1 aliphatic heterocycles. The first-order valence-corrected chi connectivity index (χ1v) is 7.05. The molecule has 1 saturated heterocycles. The van der Waals surface area contributed by atoms with E-state index in [4.69, 9.17) is 0 Å². The molecule has 1 heterocycles. The molecule has 0 aliphatic carbocycles. The minimum atomic E-state index is -0.473. The van der Waals surface area contributed by atoms with Crippen LogP contribution in [0.3, 0.4) is 0 Å². The molecule has 7 nitrogen and oxygen atoms in total. The quantitative estimate of drug-likeness (QED) is 0.657. The Morgan fingerprint density at radius 2 is 2.14 bits per heavy atom. The van der Waals surface area contributed by atoms with Crippen LogP contribution in [0, 0.1) is 16.0 Å². The van der Waals surface area contributed by atoms with Crippen molar-refractivity contribution in [2.75, 3.05) is 32.0 Å². The Hall–Kier alpha value is -2.15. The van der Waals surface area contributed by atoms with Crippen LogP contribution in [0.2, 0.25) is 0 Å². The van der Waals surface area contributed by atoms with Crippen LogP contribution in [-0.2, 0) is 0 Å². The minimum absolute atomic E-state index is 0.0273. The number of urea groups is 1. The van der Waals surface area contributed by atoms with E-state index in [1.54, 1.807) is 17.0 Å². The lowest BCUT2D eigenvalue weighted by molar-refractivity contribution is -0.384. The number of amides is 2. The van der Waals surface area contributed by atoms with Crippen LogP contribution in [0.1, 0.15) is 12.8 Å². The van der Waals surface area contributed by atoms with Gasteiger partial charge in [0.1, 0.15) is 0 Å². The predicted molar refractivity (Wildman–Crippen MR) is 80.3 cm³/mol. The van der Waals surface area contributed by atoms with Gasteiger partial charge in [-0.05, 0) is 38.4 Å². The molecule has 0 spiro atoms. The molecule has 0 atom stereocenters. The summed E-state index contributed by atoms with van der Waals surface area (Å²) < 4.78 is 0. The molecule has 21 heavy (non-hydrogen) atoms. The van der Waals surface area contributed by atoms with Crippen LogP contribution in [0.4, 0.5) is 16.2 Å². The summed E-state index contributed by atoms with van der Waals surface area (Å²) in [6.45, 7) is 2.40. The molecule has 0 radical (unpaired) electrons. The first-order chi connectivity index (χ1) is 10.1. The van der Waals surface area contributed by atoms with E-state index in [0.29, 0.717) is 24.7 Å². The number of carbonyl (C=O) groups excluding carboxylic acids is 1. The van der Waals surface area contributed by atoms with Crippen LogP contribution in [0.15, 0.2) is 24.3 Å². The van der Waals surface area contributed by atoms with Crippen molar-refractivity contribution in [2.45, 2.75) is 12.8 Å². The standard InChI is InChI=1S/C14H20N4O3/c1-15-10-11-5-7-17(8-6-11)14(19)16-12-3-2-4-13(9-12)18(20)21/h2-4,9,11,15H,5-8,10H2,1H3,(H,16,19). The number of non-ortho nitro benzene ring substituents is 1. The maximum Gasteiger partial charge on any atom is 0.321 e. The minimum Gasteiger partial charge on any atom is -0.325 e. The van der Waals surface area contributed by atoms with Crippen LogP contribution >= 0.6 is 0 Å². The maximum atomic E-state index is 12.1. The smallest absolute Gasteiger partial charge is 0.321 e. The van der Waals surface area contributed by atoms with Crippen molar-refractivity contribution in [3.8, 4) is 0 Å². The fourth-order valence-corrected chi connectivity index (χ4v) is 2.53. The Labute approximate surface area is 123 Å². The highest BCUT2D eigenvalue weighted by Gasteiger charge is 2.22. The zero-order chi connectivity index (χ0) is 15.2. The van der Waals surface area contributed by atoms with Gasteiger partial charge in [-0.3, -0.25) is 10.1 Å². The number of likely N-dealkylation sites (tertiary alicyclic amines) is 1. The molecule has 0 aromatic heterocycles. The number of nitrogens with one attached hydrogen (secondary N) is 2. The van der Waals surface area contributed by atoms with Crippen molar-refractivity contribution in [1.82, 2.24) is 10.2 Å². The Kier molecular flexibility index (Phi) is 5.10. The average molecular weight is 292 g/mol. The van der Waals surface area contributed by atoms with Crippen LogP contribution in [0.25, 0.3) is 0 Å². The zero-order valence-corrected chi connectivity index (χ0v) is 12.0. The molecule has 0 bridgehead atoms. The second-order valence-corrected chi connectivity index (χ2v) is 5.23. The molecule has 1 fully saturated rings. The van der Waals surface area contributed by atoms with Crippen molar-refractivity contribution in [2.24, 2.45) is 5.92 Å². The largest absolute Gasteiger partial charge is 0.325 e. The second-order valence-electron chi connectivity index (χ2n) is 5.23. The highest BCUT2D eigenvalue weighted by atomic mass is 16.6. The number of nitro benzene ring substituents is 1. The molecule has 2 N–H and O–H groups in total. The number of nitro groups is 1. The Morgan fingerprint density at radius 1 is 1.43 bits per heavy atom. The van der Waals surface area contributed by atoms with Gasteiger partial charge >= 0.3 is 6.03 Å². The van der Waals surface area contributed by atoms with Crippen molar-refractivity contribution < 1.29 is 9.72 Å². The van der Waals surface area contributed by atoms with Gasteiger partial charge in [0, 0.05) is 30.9 Å². The Morgan fingerprint density at radius 3 is 2.76 bits per heavy atom. The van der Waals surface area contributed by atoms with E-state index in [2.05, 4.69) is 10.6 Å². The summed E-state index contributed by atoms with van der Waals surface area (Å²) in [4.78, 5) is 24.1. The fraction of sp³-hybridized carbons (Fsp3) is 0.500. The van der Waals surface area contributed by atoms with Crippen molar-refractivity contribution in [1.29, 1.82) is 0 Å². The number of anilines is 1. The van der Waals surface area contributed by atoms with Gasteiger partial charge in [-0.15, -0.1) is 0 Å². The topological polar surface area (TPSA) is 87.5 Å². The number of carbonyl (C=O) groups is 1. The van der Waals surface area contributed by atoms with E-state index >= 15 is 0 Å². The third-order valence-corrected chi connectivity index (χ3v) is 3.70. The first-order valence-electron chi connectivity index (χ1n) is 7.05. The molecule has 2 amide bonds.